The zero-order chi connectivity index (χ0) is 21.0. The molecule has 28 heavy (non-hydrogen) atoms. The molecule has 2 aromatic rings. The number of methoxy groups -OCH3 is 1. The second-order valence-corrected chi connectivity index (χ2v) is 7.89. The maximum atomic E-state index is 12.7. The summed E-state index contributed by atoms with van der Waals surface area (Å²) >= 11 is 1.23. The first-order chi connectivity index (χ1) is 13.2. The number of rotatable bonds is 9. The molecule has 0 bridgehead atoms. The number of hydrogen-bond acceptors (Lipinski definition) is 7. The standard InChI is InChI=1S/C18H27N5O4S/c1-10(2)8-23-15(19)14(16(25)21-17(23)26)13(24)9-28-18-20-11(3)12(4)22(18)6-7-27-5/h10H,6-9,19H2,1-5H3,(H,21,25,26). The Morgan fingerprint density at radius 1 is 1.29 bits per heavy atom. The number of hydrogen-bond donors (Lipinski definition) is 2. The van der Waals surface area contributed by atoms with Crippen LogP contribution in [-0.2, 0) is 17.8 Å². The van der Waals surface area contributed by atoms with Gasteiger partial charge in [0, 0.05) is 25.9 Å². The SMILES string of the molecule is COCCn1c(SCC(=O)c2c(N)n(CC(C)C)c(=O)[nH]c2=O)nc(C)c1C. The summed E-state index contributed by atoms with van der Waals surface area (Å²) in [4.78, 5) is 43.6. The van der Waals surface area contributed by atoms with Crippen LogP contribution in [0.2, 0.25) is 0 Å². The highest BCUT2D eigenvalue weighted by Crippen LogP contribution is 2.22. The van der Waals surface area contributed by atoms with E-state index in [0.717, 1.165) is 11.4 Å². The molecule has 10 heteroatoms. The average Bonchev–Trinajstić information content (AvgIpc) is 2.88. The summed E-state index contributed by atoms with van der Waals surface area (Å²) < 4.78 is 8.34. The minimum atomic E-state index is -0.761. The van der Waals surface area contributed by atoms with Crippen molar-refractivity contribution >= 4 is 23.4 Å². The molecule has 0 amide bonds. The van der Waals surface area contributed by atoms with Crippen molar-refractivity contribution in [3.05, 3.63) is 37.8 Å². The molecule has 0 aliphatic rings. The molecule has 154 valence electrons. The van der Waals surface area contributed by atoms with Crippen molar-refractivity contribution in [3.8, 4) is 0 Å². The van der Waals surface area contributed by atoms with Crippen molar-refractivity contribution in [3.63, 3.8) is 0 Å². The van der Waals surface area contributed by atoms with Crippen LogP contribution in [0.4, 0.5) is 5.82 Å². The third kappa shape index (κ3) is 4.74. The van der Waals surface area contributed by atoms with Gasteiger partial charge in [0.2, 0.25) is 0 Å². The number of H-pyrrole nitrogens is 1. The number of carbonyl (C=O) groups is 1. The zero-order valence-corrected chi connectivity index (χ0v) is 17.7. The molecule has 9 nitrogen and oxygen atoms in total. The second kappa shape index (κ2) is 9.24. The Morgan fingerprint density at radius 3 is 2.57 bits per heavy atom. The molecule has 3 N–H and O–H groups in total. The monoisotopic (exact) mass is 409 g/mol. The van der Waals surface area contributed by atoms with E-state index in [4.69, 9.17) is 10.5 Å². The number of thioether (sulfide) groups is 1. The van der Waals surface area contributed by atoms with Gasteiger partial charge in [0.25, 0.3) is 5.56 Å². The van der Waals surface area contributed by atoms with E-state index in [1.165, 1.54) is 16.3 Å². The summed E-state index contributed by atoms with van der Waals surface area (Å²) in [7, 11) is 1.62. The van der Waals surface area contributed by atoms with Gasteiger partial charge in [-0.05, 0) is 19.8 Å². The van der Waals surface area contributed by atoms with Crippen molar-refractivity contribution in [1.82, 2.24) is 19.1 Å². The van der Waals surface area contributed by atoms with Crippen LogP contribution in [-0.4, -0.2) is 44.4 Å². The molecule has 0 aromatic carbocycles. The predicted octanol–water partition coefficient (Wildman–Crippen LogP) is 1.21. The number of aromatic nitrogens is 4. The molecular weight excluding hydrogens is 382 g/mol. The van der Waals surface area contributed by atoms with Gasteiger partial charge >= 0.3 is 5.69 Å². The Kier molecular flexibility index (Phi) is 7.25. The van der Waals surface area contributed by atoms with Crippen molar-refractivity contribution in [2.45, 2.75) is 45.9 Å². The number of carbonyl (C=O) groups excluding carboxylic acids is 1. The van der Waals surface area contributed by atoms with E-state index in [-0.39, 0.29) is 23.1 Å². The lowest BCUT2D eigenvalue weighted by molar-refractivity contribution is 0.102. The van der Waals surface area contributed by atoms with Crippen molar-refractivity contribution in [1.29, 1.82) is 0 Å². The van der Waals surface area contributed by atoms with Crippen LogP contribution < -0.4 is 17.0 Å². The minimum absolute atomic E-state index is 0.0178. The number of aromatic amines is 1. The summed E-state index contributed by atoms with van der Waals surface area (Å²) in [6, 6.07) is 0. The van der Waals surface area contributed by atoms with Crippen molar-refractivity contribution < 1.29 is 9.53 Å². The maximum absolute atomic E-state index is 12.7. The van der Waals surface area contributed by atoms with Gasteiger partial charge in [0.1, 0.15) is 11.4 Å². The second-order valence-electron chi connectivity index (χ2n) is 6.95. The highest BCUT2D eigenvalue weighted by atomic mass is 32.2. The van der Waals surface area contributed by atoms with Crippen LogP contribution >= 0.6 is 11.8 Å². The van der Waals surface area contributed by atoms with Gasteiger partial charge in [0.15, 0.2) is 10.9 Å². The van der Waals surface area contributed by atoms with Gasteiger partial charge in [-0.1, -0.05) is 25.6 Å². The Morgan fingerprint density at radius 2 is 1.96 bits per heavy atom. The number of aryl methyl sites for hydroxylation is 1. The first-order valence-electron chi connectivity index (χ1n) is 8.98. The van der Waals surface area contributed by atoms with Crippen molar-refractivity contribution in [2.75, 3.05) is 25.2 Å². The van der Waals surface area contributed by atoms with Gasteiger partial charge in [0.05, 0.1) is 18.1 Å². The molecule has 0 aliphatic carbocycles. The third-order valence-corrected chi connectivity index (χ3v) is 5.32. The van der Waals surface area contributed by atoms with E-state index in [0.29, 0.717) is 24.9 Å². The van der Waals surface area contributed by atoms with Crippen LogP contribution in [0.15, 0.2) is 14.7 Å². The number of anilines is 1. The number of nitrogens with one attached hydrogen (secondary N) is 1. The quantitative estimate of drug-likeness (QED) is 0.471. The first kappa shape index (κ1) is 22.0. The van der Waals surface area contributed by atoms with Gasteiger partial charge in [-0.25, -0.2) is 9.78 Å². The van der Waals surface area contributed by atoms with E-state index in [2.05, 4.69) is 9.97 Å². The van der Waals surface area contributed by atoms with Gasteiger partial charge in [-0.15, -0.1) is 0 Å². The smallest absolute Gasteiger partial charge is 0.329 e. The van der Waals surface area contributed by atoms with E-state index in [1.54, 1.807) is 7.11 Å². The lowest BCUT2D eigenvalue weighted by Gasteiger charge is -2.14. The van der Waals surface area contributed by atoms with Crippen LogP contribution in [0, 0.1) is 19.8 Å². The van der Waals surface area contributed by atoms with Crippen LogP contribution in [0.1, 0.15) is 35.6 Å². The molecule has 0 saturated carbocycles. The molecule has 2 heterocycles. The molecule has 0 spiro atoms. The highest BCUT2D eigenvalue weighted by molar-refractivity contribution is 7.99. The molecule has 0 atom stereocenters. The fraction of sp³-hybridized carbons (Fsp3) is 0.556. The number of nitrogens with zero attached hydrogens (tertiary/aromatic N) is 3. The van der Waals surface area contributed by atoms with Crippen LogP contribution in [0.25, 0.3) is 0 Å². The highest BCUT2D eigenvalue weighted by Gasteiger charge is 2.21. The fourth-order valence-electron chi connectivity index (χ4n) is 2.79. The molecule has 0 aliphatic heterocycles. The zero-order valence-electron chi connectivity index (χ0n) is 16.9. The Balaban J connectivity index is 2.28. The molecule has 2 rings (SSSR count). The average molecular weight is 410 g/mol. The van der Waals surface area contributed by atoms with Crippen LogP contribution in [0.5, 0.6) is 0 Å². The molecule has 0 radical (unpaired) electrons. The number of nitrogen functional groups attached to an aromatic ring is 1. The molecule has 0 saturated heterocycles. The number of ether oxygens (including phenoxy) is 1. The predicted molar refractivity (Wildman–Crippen MR) is 109 cm³/mol. The number of ketones is 1. The third-order valence-electron chi connectivity index (χ3n) is 4.34. The summed E-state index contributed by atoms with van der Waals surface area (Å²) in [5.74, 6) is -0.431. The van der Waals surface area contributed by atoms with Gasteiger partial charge in [-0.3, -0.25) is 19.1 Å². The minimum Gasteiger partial charge on any atom is -0.384 e. The Bertz CT molecular complexity index is 974. The van der Waals surface area contributed by atoms with Gasteiger partial charge < -0.3 is 15.0 Å². The van der Waals surface area contributed by atoms with E-state index in [9.17, 15) is 14.4 Å². The first-order valence-corrected chi connectivity index (χ1v) is 9.97. The van der Waals surface area contributed by atoms with E-state index < -0.39 is 17.0 Å². The lowest BCUT2D eigenvalue weighted by atomic mass is 10.2. The fourth-order valence-corrected chi connectivity index (χ4v) is 3.78. The van der Waals surface area contributed by atoms with Gasteiger partial charge in [-0.2, -0.15) is 0 Å². The van der Waals surface area contributed by atoms with Crippen molar-refractivity contribution in [2.24, 2.45) is 5.92 Å². The molecular formula is C18H27N5O4S. The Hall–Kier alpha value is -2.33. The van der Waals surface area contributed by atoms with Crippen LogP contribution in [0.3, 0.4) is 0 Å². The molecule has 2 aromatic heterocycles. The van der Waals surface area contributed by atoms with E-state index in [1.807, 2.05) is 32.3 Å². The number of imidazole rings is 1. The topological polar surface area (TPSA) is 125 Å². The normalized spacial score (nSPS) is 11.4. The summed E-state index contributed by atoms with van der Waals surface area (Å²) in [6.45, 7) is 9.13. The van der Waals surface area contributed by atoms with E-state index >= 15 is 0 Å². The summed E-state index contributed by atoms with van der Waals surface area (Å²) in [6.07, 6.45) is 0. The summed E-state index contributed by atoms with van der Waals surface area (Å²) in [5, 5.41) is 0.672. The Labute approximate surface area is 167 Å². The molecule has 0 unspecified atom stereocenters. The number of nitrogens with two attached hydrogens (primary N) is 1. The summed E-state index contributed by atoms with van der Waals surface area (Å²) in [5.41, 5.74) is 6.31. The lowest BCUT2D eigenvalue weighted by Crippen LogP contribution is -2.37. The molecule has 0 fully saturated rings. The number of Topliss-reactive ketones (excluding diaryl/α,β-unsaturated/α-hetero) is 1. The maximum Gasteiger partial charge on any atom is 0.329 e. The largest absolute Gasteiger partial charge is 0.384 e.